The third kappa shape index (κ3) is 2.17. The average molecular weight is 181 g/mol. The van der Waals surface area contributed by atoms with Gasteiger partial charge in [0.05, 0.1) is 12.6 Å². The van der Waals surface area contributed by atoms with Crippen molar-refractivity contribution >= 4 is 5.82 Å². The molecule has 0 unspecified atom stereocenters. The number of aliphatic hydroxyl groups is 1. The first-order chi connectivity index (χ1) is 6.19. The van der Waals surface area contributed by atoms with E-state index in [2.05, 4.69) is 10.3 Å². The summed E-state index contributed by atoms with van der Waals surface area (Å²) < 4.78 is 0. The highest BCUT2D eigenvalue weighted by molar-refractivity contribution is 5.37. The summed E-state index contributed by atoms with van der Waals surface area (Å²) in [6.07, 6.45) is 1.70. The lowest BCUT2D eigenvalue weighted by Crippen LogP contribution is -2.21. The number of rotatable bonds is 3. The van der Waals surface area contributed by atoms with Gasteiger partial charge in [-0.2, -0.15) is 0 Å². The lowest BCUT2D eigenvalue weighted by Gasteiger charge is -2.15. The molecule has 1 rings (SSSR count). The van der Waals surface area contributed by atoms with Crippen LogP contribution >= 0.6 is 0 Å². The highest BCUT2D eigenvalue weighted by atomic mass is 16.3. The second kappa shape index (κ2) is 4.20. The van der Waals surface area contributed by atoms with Crippen LogP contribution < -0.4 is 11.1 Å². The van der Waals surface area contributed by atoms with E-state index in [0.717, 1.165) is 11.1 Å². The van der Waals surface area contributed by atoms with Crippen molar-refractivity contribution in [2.45, 2.75) is 13.0 Å². The van der Waals surface area contributed by atoms with Gasteiger partial charge in [0.1, 0.15) is 5.82 Å². The van der Waals surface area contributed by atoms with E-state index in [-0.39, 0.29) is 12.6 Å². The molecule has 1 atom stereocenters. The molecule has 0 saturated heterocycles. The number of hydrogen-bond donors (Lipinski definition) is 3. The monoisotopic (exact) mass is 181 g/mol. The highest BCUT2D eigenvalue weighted by Crippen LogP contribution is 2.17. The number of aryl methyl sites for hydroxylation is 1. The molecule has 0 amide bonds. The summed E-state index contributed by atoms with van der Waals surface area (Å²) in [7, 11) is 1.80. The van der Waals surface area contributed by atoms with Gasteiger partial charge in [-0.1, -0.05) is 0 Å². The maximum Gasteiger partial charge on any atom is 0.123 e. The minimum absolute atomic E-state index is 0.0585. The zero-order valence-corrected chi connectivity index (χ0v) is 7.91. The normalized spacial score (nSPS) is 12.8. The van der Waals surface area contributed by atoms with Crippen LogP contribution in [0, 0.1) is 6.92 Å². The number of aliphatic hydroxyl groups excluding tert-OH is 1. The molecule has 0 spiro atoms. The number of aromatic nitrogens is 1. The lowest BCUT2D eigenvalue weighted by molar-refractivity contribution is 0.250. The summed E-state index contributed by atoms with van der Waals surface area (Å²) in [5, 5.41) is 12.0. The van der Waals surface area contributed by atoms with E-state index in [9.17, 15) is 0 Å². The SMILES string of the molecule is CN[C@H](CO)c1cnc(N)cc1C. The van der Waals surface area contributed by atoms with Crippen LogP contribution in [0.25, 0.3) is 0 Å². The molecule has 4 N–H and O–H groups in total. The fraction of sp³-hybridized carbons (Fsp3) is 0.444. The van der Waals surface area contributed by atoms with E-state index in [0.29, 0.717) is 5.82 Å². The summed E-state index contributed by atoms with van der Waals surface area (Å²) in [6.45, 7) is 2.01. The van der Waals surface area contributed by atoms with Gasteiger partial charge in [-0.05, 0) is 31.2 Å². The first-order valence-corrected chi connectivity index (χ1v) is 4.19. The number of nitrogen functional groups attached to an aromatic ring is 1. The Bertz CT molecular complexity index is 284. The molecule has 1 heterocycles. The Hall–Kier alpha value is -1.13. The molecule has 0 aliphatic heterocycles. The van der Waals surface area contributed by atoms with Crippen LogP contribution in [0.15, 0.2) is 12.3 Å². The van der Waals surface area contributed by atoms with E-state index in [1.807, 2.05) is 6.92 Å². The molecule has 72 valence electrons. The van der Waals surface area contributed by atoms with Gasteiger partial charge in [0.15, 0.2) is 0 Å². The zero-order chi connectivity index (χ0) is 9.84. The number of nitrogens with one attached hydrogen (secondary N) is 1. The van der Waals surface area contributed by atoms with Gasteiger partial charge < -0.3 is 16.2 Å². The quantitative estimate of drug-likeness (QED) is 0.624. The lowest BCUT2D eigenvalue weighted by atomic mass is 10.0. The maximum absolute atomic E-state index is 9.05. The van der Waals surface area contributed by atoms with Crippen molar-refractivity contribution in [2.24, 2.45) is 0 Å². The molecule has 0 saturated carbocycles. The second-order valence-electron chi connectivity index (χ2n) is 2.99. The Morgan fingerprint density at radius 1 is 1.69 bits per heavy atom. The maximum atomic E-state index is 9.05. The summed E-state index contributed by atoms with van der Waals surface area (Å²) in [4.78, 5) is 3.98. The molecule has 1 aromatic heterocycles. The molecular weight excluding hydrogens is 166 g/mol. The Kier molecular flexibility index (Phi) is 3.22. The molecule has 4 nitrogen and oxygen atoms in total. The van der Waals surface area contributed by atoms with E-state index < -0.39 is 0 Å². The molecule has 0 bridgehead atoms. The summed E-state index contributed by atoms with van der Waals surface area (Å²) in [6, 6.07) is 1.74. The Morgan fingerprint density at radius 3 is 2.85 bits per heavy atom. The summed E-state index contributed by atoms with van der Waals surface area (Å²) in [5.41, 5.74) is 7.54. The molecule has 0 aliphatic rings. The van der Waals surface area contributed by atoms with Crippen molar-refractivity contribution < 1.29 is 5.11 Å². The Labute approximate surface area is 77.8 Å². The van der Waals surface area contributed by atoms with Gasteiger partial charge >= 0.3 is 0 Å². The number of anilines is 1. The first kappa shape index (κ1) is 9.95. The van der Waals surface area contributed by atoms with Crippen molar-refractivity contribution in [3.05, 3.63) is 23.4 Å². The van der Waals surface area contributed by atoms with Gasteiger partial charge in [-0.3, -0.25) is 0 Å². The highest BCUT2D eigenvalue weighted by Gasteiger charge is 2.10. The van der Waals surface area contributed by atoms with Crippen LogP contribution in [0.4, 0.5) is 5.82 Å². The topological polar surface area (TPSA) is 71.2 Å². The largest absolute Gasteiger partial charge is 0.394 e. The fourth-order valence-corrected chi connectivity index (χ4v) is 1.30. The van der Waals surface area contributed by atoms with Gasteiger partial charge in [0.25, 0.3) is 0 Å². The molecule has 0 aromatic carbocycles. The standard InChI is InChI=1S/C9H15N3O/c1-6-3-9(10)12-4-7(6)8(5-13)11-2/h3-4,8,11,13H,5H2,1-2H3,(H2,10,12)/t8-/m1/s1. The minimum atomic E-state index is -0.0619. The molecular formula is C9H15N3O. The van der Waals surface area contributed by atoms with E-state index >= 15 is 0 Å². The van der Waals surface area contributed by atoms with Crippen LogP contribution in [0.2, 0.25) is 0 Å². The number of likely N-dealkylation sites (N-methyl/N-ethyl adjacent to an activating group) is 1. The van der Waals surface area contributed by atoms with E-state index in [1.165, 1.54) is 0 Å². The summed E-state index contributed by atoms with van der Waals surface area (Å²) in [5.74, 6) is 0.508. The Balaban J connectivity index is 2.99. The number of nitrogens with two attached hydrogens (primary N) is 1. The predicted octanol–water partition coefficient (Wildman–Crippen LogP) is 0.225. The van der Waals surface area contributed by atoms with Crippen LogP contribution in [0.3, 0.4) is 0 Å². The third-order valence-electron chi connectivity index (χ3n) is 2.08. The third-order valence-corrected chi connectivity index (χ3v) is 2.08. The van der Waals surface area contributed by atoms with Crippen LogP contribution in [-0.2, 0) is 0 Å². The van der Waals surface area contributed by atoms with Crippen molar-refractivity contribution in [1.82, 2.24) is 10.3 Å². The van der Waals surface area contributed by atoms with Crippen LogP contribution in [-0.4, -0.2) is 23.7 Å². The van der Waals surface area contributed by atoms with Gasteiger partial charge in [0.2, 0.25) is 0 Å². The smallest absolute Gasteiger partial charge is 0.123 e. The molecule has 13 heavy (non-hydrogen) atoms. The zero-order valence-electron chi connectivity index (χ0n) is 7.91. The number of nitrogens with zero attached hydrogens (tertiary/aromatic N) is 1. The second-order valence-corrected chi connectivity index (χ2v) is 2.99. The van der Waals surface area contributed by atoms with Gasteiger partial charge in [-0.25, -0.2) is 4.98 Å². The fourth-order valence-electron chi connectivity index (χ4n) is 1.30. The van der Waals surface area contributed by atoms with Crippen LogP contribution in [0.1, 0.15) is 17.2 Å². The van der Waals surface area contributed by atoms with Crippen molar-refractivity contribution in [2.75, 3.05) is 19.4 Å². The molecule has 1 aromatic rings. The first-order valence-electron chi connectivity index (χ1n) is 4.19. The van der Waals surface area contributed by atoms with Crippen LogP contribution in [0.5, 0.6) is 0 Å². The van der Waals surface area contributed by atoms with Gasteiger partial charge in [-0.15, -0.1) is 0 Å². The summed E-state index contributed by atoms with van der Waals surface area (Å²) >= 11 is 0. The van der Waals surface area contributed by atoms with Gasteiger partial charge in [0, 0.05) is 6.20 Å². The molecule has 0 radical (unpaired) electrons. The minimum Gasteiger partial charge on any atom is -0.394 e. The molecule has 4 heteroatoms. The molecule has 0 fully saturated rings. The van der Waals surface area contributed by atoms with E-state index in [4.69, 9.17) is 10.8 Å². The van der Waals surface area contributed by atoms with Crippen molar-refractivity contribution in [1.29, 1.82) is 0 Å². The predicted molar refractivity (Wildman–Crippen MR) is 52.3 cm³/mol. The van der Waals surface area contributed by atoms with Crippen molar-refractivity contribution in [3.63, 3.8) is 0 Å². The molecule has 0 aliphatic carbocycles. The van der Waals surface area contributed by atoms with Crippen molar-refractivity contribution in [3.8, 4) is 0 Å². The average Bonchev–Trinajstić information content (AvgIpc) is 2.10. The number of hydrogen-bond acceptors (Lipinski definition) is 4. The number of pyridine rings is 1. The van der Waals surface area contributed by atoms with E-state index in [1.54, 1.807) is 19.3 Å². The Morgan fingerprint density at radius 2 is 2.38 bits per heavy atom.